The number of aryl methyl sites for hydroxylation is 1. The van der Waals surface area contributed by atoms with Gasteiger partial charge in [-0.15, -0.1) is 0 Å². The highest BCUT2D eigenvalue weighted by Crippen LogP contribution is 2.38. The van der Waals surface area contributed by atoms with Crippen LogP contribution in [0.1, 0.15) is 28.2 Å². The third-order valence-electron chi connectivity index (χ3n) is 4.95. The molecular weight excluding hydrogens is 474 g/mol. The maximum Gasteiger partial charge on any atom is 0.416 e. The van der Waals surface area contributed by atoms with Crippen LogP contribution >= 0.6 is 11.6 Å². The molecule has 0 amide bonds. The molecule has 0 aliphatic rings. The second kappa shape index (κ2) is 7.81. The zero-order valence-electron chi connectivity index (χ0n) is 16.5. The van der Waals surface area contributed by atoms with Gasteiger partial charge in [0.05, 0.1) is 33.8 Å². The lowest BCUT2D eigenvalue weighted by Crippen LogP contribution is -2.11. The van der Waals surface area contributed by atoms with Crippen molar-refractivity contribution in [2.24, 2.45) is 0 Å². The van der Waals surface area contributed by atoms with Crippen LogP contribution in [0.2, 0.25) is 5.02 Å². The number of aromatic nitrogens is 3. The van der Waals surface area contributed by atoms with Crippen molar-refractivity contribution >= 4 is 22.5 Å². The van der Waals surface area contributed by atoms with Gasteiger partial charge in [0.25, 0.3) is 5.89 Å². The standard InChI is InChI=1S/C21H11ClF6N4O/c1-10-4-15-16(3-2-11(8-29)18(15)22)32(10)9-17-30-19(33-31-17)12-5-13(20(23,24)25)7-14(6-12)21(26,27)28/h2-7H,9H2,1H3. The first-order chi connectivity index (χ1) is 15.4. The van der Waals surface area contributed by atoms with Gasteiger partial charge < -0.3 is 9.09 Å². The van der Waals surface area contributed by atoms with Gasteiger partial charge in [-0.25, -0.2) is 0 Å². The van der Waals surface area contributed by atoms with E-state index in [1.807, 2.05) is 6.07 Å². The number of alkyl halides is 6. The molecule has 0 N–H and O–H groups in total. The summed E-state index contributed by atoms with van der Waals surface area (Å²) in [5.74, 6) is -0.461. The predicted octanol–water partition coefficient (Wildman–Crippen LogP) is 6.61. The number of halogens is 7. The van der Waals surface area contributed by atoms with E-state index in [0.717, 1.165) is 0 Å². The smallest absolute Gasteiger partial charge is 0.337 e. The van der Waals surface area contributed by atoms with E-state index < -0.39 is 34.9 Å². The Kier molecular flexibility index (Phi) is 5.36. The molecule has 0 atom stereocenters. The SMILES string of the molecule is Cc1cc2c(Cl)c(C#N)ccc2n1Cc1noc(-c2cc(C(F)(F)F)cc(C(F)(F)F)c2)n1. The minimum Gasteiger partial charge on any atom is -0.337 e. The molecule has 0 radical (unpaired) electrons. The highest BCUT2D eigenvalue weighted by atomic mass is 35.5. The Morgan fingerprint density at radius 1 is 1.03 bits per heavy atom. The van der Waals surface area contributed by atoms with Gasteiger partial charge in [-0.1, -0.05) is 16.8 Å². The van der Waals surface area contributed by atoms with E-state index in [4.69, 9.17) is 21.4 Å². The minimum absolute atomic E-state index is 0.00610. The number of rotatable bonds is 3. The molecule has 33 heavy (non-hydrogen) atoms. The topological polar surface area (TPSA) is 67.6 Å². The summed E-state index contributed by atoms with van der Waals surface area (Å²) in [5.41, 5.74) is -1.84. The molecule has 0 unspecified atom stereocenters. The van der Waals surface area contributed by atoms with Gasteiger partial charge in [-0.05, 0) is 43.3 Å². The maximum atomic E-state index is 13.1. The lowest BCUT2D eigenvalue weighted by Gasteiger charge is -2.12. The van der Waals surface area contributed by atoms with Crippen molar-refractivity contribution in [2.75, 3.05) is 0 Å². The van der Waals surface area contributed by atoms with E-state index in [-0.39, 0.29) is 29.0 Å². The average molecular weight is 485 g/mol. The molecule has 170 valence electrons. The number of hydrogen-bond donors (Lipinski definition) is 0. The molecule has 0 aliphatic carbocycles. The van der Waals surface area contributed by atoms with Crippen LogP contribution in [-0.2, 0) is 18.9 Å². The summed E-state index contributed by atoms with van der Waals surface area (Å²) in [6.45, 7) is 1.76. The molecule has 4 aromatic rings. The number of benzene rings is 2. The quantitative estimate of drug-likeness (QED) is 0.307. The predicted molar refractivity (Wildman–Crippen MR) is 105 cm³/mol. The van der Waals surface area contributed by atoms with Crippen molar-refractivity contribution in [3.05, 3.63) is 69.6 Å². The van der Waals surface area contributed by atoms with Crippen LogP contribution in [0, 0.1) is 18.3 Å². The third kappa shape index (κ3) is 4.26. The molecule has 2 aromatic carbocycles. The van der Waals surface area contributed by atoms with Gasteiger partial charge in [0, 0.05) is 16.6 Å². The lowest BCUT2D eigenvalue weighted by molar-refractivity contribution is -0.143. The van der Waals surface area contributed by atoms with Crippen LogP contribution < -0.4 is 0 Å². The van der Waals surface area contributed by atoms with Crippen LogP contribution in [0.15, 0.2) is 40.9 Å². The fourth-order valence-corrected chi connectivity index (χ4v) is 3.64. The van der Waals surface area contributed by atoms with Gasteiger partial charge >= 0.3 is 12.4 Å². The molecule has 0 saturated carbocycles. The molecule has 0 aliphatic heterocycles. The fraction of sp³-hybridized carbons (Fsp3) is 0.190. The number of nitrogens with zero attached hydrogens (tertiary/aromatic N) is 4. The zero-order valence-corrected chi connectivity index (χ0v) is 17.3. The average Bonchev–Trinajstić information content (AvgIpc) is 3.32. The summed E-state index contributed by atoms with van der Waals surface area (Å²) in [7, 11) is 0. The van der Waals surface area contributed by atoms with Crippen LogP contribution in [-0.4, -0.2) is 14.7 Å². The lowest BCUT2D eigenvalue weighted by atomic mass is 10.0. The Morgan fingerprint density at radius 3 is 2.24 bits per heavy atom. The highest BCUT2D eigenvalue weighted by Gasteiger charge is 2.37. The fourth-order valence-electron chi connectivity index (χ4n) is 3.38. The van der Waals surface area contributed by atoms with E-state index in [9.17, 15) is 26.3 Å². The molecule has 5 nitrogen and oxygen atoms in total. The number of fused-ring (bicyclic) bond motifs is 1. The summed E-state index contributed by atoms with van der Waals surface area (Å²) < 4.78 is 85.4. The minimum atomic E-state index is -5.00. The van der Waals surface area contributed by atoms with Crippen molar-refractivity contribution in [1.82, 2.24) is 14.7 Å². The third-order valence-corrected chi connectivity index (χ3v) is 5.36. The van der Waals surface area contributed by atoms with Crippen molar-refractivity contribution in [1.29, 1.82) is 5.26 Å². The van der Waals surface area contributed by atoms with Gasteiger partial charge in [-0.3, -0.25) is 0 Å². The summed E-state index contributed by atoms with van der Waals surface area (Å²) in [5, 5.41) is 13.7. The Labute approximate surface area is 186 Å². The Balaban J connectivity index is 1.74. The first kappa shape index (κ1) is 22.7. The van der Waals surface area contributed by atoms with Crippen molar-refractivity contribution in [3.8, 4) is 17.5 Å². The van der Waals surface area contributed by atoms with Crippen LogP contribution in [0.4, 0.5) is 26.3 Å². The van der Waals surface area contributed by atoms with Crippen LogP contribution in [0.25, 0.3) is 22.4 Å². The second-order valence-electron chi connectivity index (χ2n) is 7.15. The Hall–Kier alpha value is -3.52. The van der Waals surface area contributed by atoms with Crippen LogP contribution in [0.5, 0.6) is 0 Å². The molecule has 12 heteroatoms. The largest absolute Gasteiger partial charge is 0.416 e. The normalized spacial score (nSPS) is 12.3. The number of hydrogen-bond acceptors (Lipinski definition) is 4. The first-order valence-electron chi connectivity index (χ1n) is 9.19. The highest BCUT2D eigenvalue weighted by molar-refractivity contribution is 6.36. The first-order valence-corrected chi connectivity index (χ1v) is 9.57. The van der Waals surface area contributed by atoms with E-state index in [1.165, 1.54) is 6.07 Å². The summed E-state index contributed by atoms with van der Waals surface area (Å²) in [6.07, 6.45) is -10.00. The van der Waals surface area contributed by atoms with E-state index in [2.05, 4.69) is 10.1 Å². The summed E-state index contributed by atoms with van der Waals surface area (Å²) >= 11 is 6.25. The molecule has 0 saturated heterocycles. The molecule has 2 heterocycles. The van der Waals surface area contributed by atoms with Gasteiger partial charge in [0.2, 0.25) is 0 Å². The summed E-state index contributed by atoms with van der Waals surface area (Å²) in [4.78, 5) is 3.99. The Bertz CT molecular complexity index is 1380. The molecule has 4 rings (SSSR count). The van der Waals surface area contributed by atoms with Gasteiger partial charge in [0.1, 0.15) is 6.07 Å². The van der Waals surface area contributed by atoms with Gasteiger partial charge in [-0.2, -0.15) is 36.6 Å². The van der Waals surface area contributed by atoms with Crippen molar-refractivity contribution < 1.29 is 30.9 Å². The molecule has 0 spiro atoms. The monoisotopic (exact) mass is 484 g/mol. The zero-order chi connectivity index (χ0) is 24.1. The second-order valence-corrected chi connectivity index (χ2v) is 7.53. The summed E-state index contributed by atoms with van der Waals surface area (Å²) in [6, 6.07) is 7.97. The van der Waals surface area contributed by atoms with Crippen LogP contribution in [0.3, 0.4) is 0 Å². The Morgan fingerprint density at radius 2 is 1.67 bits per heavy atom. The van der Waals surface area contributed by atoms with E-state index >= 15 is 0 Å². The van der Waals surface area contributed by atoms with Gasteiger partial charge in [0.15, 0.2) is 5.82 Å². The number of nitriles is 1. The molecular formula is C21H11ClF6N4O. The van der Waals surface area contributed by atoms with E-state index in [0.29, 0.717) is 28.7 Å². The molecule has 0 fully saturated rings. The van der Waals surface area contributed by atoms with Crippen molar-refractivity contribution in [2.45, 2.75) is 25.8 Å². The maximum absolute atomic E-state index is 13.1. The van der Waals surface area contributed by atoms with Crippen molar-refractivity contribution in [3.63, 3.8) is 0 Å². The molecule has 2 aromatic heterocycles. The molecule has 0 bridgehead atoms. The van der Waals surface area contributed by atoms with E-state index in [1.54, 1.807) is 23.6 Å².